The molecule has 2 saturated heterocycles. The quantitative estimate of drug-likeness (QED) is 0.0925. The summed E-state index contributed by atoms with van der Waals surface area (Å²) in [5, 5.41) is 14.4. The summed E-state index contributed by atoms with van der Waals surface area (Å²) in [5.74, 6) is 0.382. The van der Waals surface area contributed by atoms with Crippen LogP contribution in [0.15, 0.2) is 78.9 Å². The fourth-order valence-electron chi connectivity index (χ4n) is 6.80. The molecule has 278 valence electrons. The van der Waals surface area contributed by atoms with Crippen molar-refractivity contribution < 1.29 is 37.6 Å². The van der Waals surface area contributed by atoms with E-state index in [0.717, 1.165) is 16.7 Å². The summed E-state index contributed by atoms with van der Waals surface area (Å²) in [7, 11) is 1.62. The van der Waals surface area contributed by atoms with Crippen molar-refractivity contribution in [3.63, 3.8) is 0 Å². The Labute approximate surface area is 307 Å². The van der Waals surface area contributed by atoms with Crippen molar-refractivity contribution in [2.75, 3.05) is 34.0 Å². The van der Waals surface area contributed by atoms with Crippen LogP contribution in [-0.4, -0.2) is 81.0 Å². The molecule has 5 rings (SSSR count). The van der Waals surface area contributed by atoms with Gasteiger partial charge in [-0.05, 0) is 68.7 Å². The molecule has 2 heterocycles. The largest absolute Gasteiger partial charge is 0.497 e. The van der Waals surface area contributed by atoms with E-state index < -0.39 is 50.3 Å². The molecule has 5 unspecified atom stereocenters. The van der Waals surface area contributed by atoms with Crippen LogP contribution in [0.3, 0.4) is 0 Å². The minimum absolute atomic E-state index is 0.0690. The van der Waals surface area contributed by atoms with E-state index >= 15 is 0 Å². The maximum Gasteiger partial charge on any atom is 0.321 e. The topological polar surface area (TPSA) is 141 Å². The van der Waals surface area contributed by atoms with E-state index in [1.165, 1.54) is 0 Å². The fourth-order valence-corrected chi connectivity index (χ4v) is 8.56. The van der Waals surface area contributed by atoms with Gasteiger partial charge in [0.25, 0.3) is 8.53 Å². The van der Waals surface area contributed by atoms with Crippen LogP contribution in [0.25, 0.3) is 0 Å². The number of rotatable bonds is 17. The summed E-state index contributed by atoms with van der Waals surface area (Å²) >= 11 is 0. The molecule has 0 bridgehead atoms. The Morgan fingerprint density at radius 3 is 2.00 bits per heavy atom. The summed E-state index contributed by atoms with van der Waals surface area (Å²) < 4.78 is 40.2. The van der Waals surface area contributed by atoms with E-state index in [4.69, 9.17) is 28.0 Å². The number of amides is 3. The van der Waals surface area contributed by atoms with Crippen molar-refractivity contribution in [1.29, 1.82) is 5.26 Å². The molecule has 2 fully saturated rings. The average Bonchev–Trinajstić information content (AvgIpc) is 3.54. The standard InChI is InChI=1S/C39H49N4O8P/c1-26(2)43(27(3)4)52(49-22-10-21-40)51-35-23-34(33-24-41-38(45)42-37(33)44)50-36(35)25-48-39(28-11-8-7-9-12-28,29-13-17-31(46-5)18-14-29)30-15-19-32(47-6)20-16-30/h7-9,11-20,26-27,33-36H,10,22-25H2,1-6H3,(H2,41,42,44,45). The zero-order chi connectivity index (χ0) is 37.3. The molecule has 3 aromatic carbocycles. The van der Waals surface area contributed by atoms with Gasteiger partial charge in [0, 0.05) is 25.0 Å². The second-order valence-electron chi connectivity index (χ2n) is 13.3. The van der Waals surface area contributed by atoms with Gasteiger partial charge in [-0.15, -0.1) is 0 Å². The first-order valence-corrected chi connectivity index (χ1v) is 18.7. The van der Waals surface area contributed by atoms with Crippen LogP contribution in [0.1, 0.15) is 57.2 Å². The first kappa shape index (κ1) is 39.1. The predicted octanol–water partition coefficient (Wildman–Crippen LogP) is 6.29. The molecule has 0 aromatic heterocycles. The summed E-state index contributed by atoms with van der Waals surface area (Å²) in [4.78, 5) is 25.0. The number of methoxy groups -OCH3 is 2. The Morgan fingerprint density at radius 1 is 0.904 bits per heavy atom. The molecule has 3 amide bonds. The maximum atomic E-state index is 13.1. The Morgan fingerprint density at radius 2 is 1.48 bits per heavy atom. The number of carbonyl (C=O) groups excluding carboxylic acids is 2. The number of urea groups is 1. The van der Waals surface area contributed by atoms with Gasteiger partial charge in [-0.1, -0.05) is 54.6 Å². The number of nitrogens with zero attached hydrogens (tertiary/aromatic N) is 2. The van der Waals surface area contributed by atoms with Crippen LogP contribution in [0, 0.1) is 17.2 Å². The van der Waals surface area contributed by atoms with Crippen molar-refractivity contribution in [3.05, 3.63) is 95.6 Å². The lowest BCUT2D eigenvalue weighted by Gasteiger charge is -2.39. The van der Waals surface area contributed by atoms with E-state index in [2.05, 4.69) is 49.1 Å². The monoisotopic (exact) mass is 732 g/mol. The summed E-state index contributed by atoms with van der Waals surface area (Å²) in [5.41, 5.74) is 1.50. The van der Waals surface area contributed by atoms with Crippen LogP contribution in [0.5, 0.6) is 11.5 Å². The Kier molecular flexibility index (Phi) is 13.6. The van der Waals surface area contributed by atoms with Gasteiger partial charge in [0.2, 0.25) is 5.91 Å². The molecule has 3 aromatic rings. The van der Waals surface area contributed by atoms with Crippen molar-refractivity contribution in [2.24, 2.45) is 5.92 Å². The Hall–Kier alpha value is -4.08. The van der Waals surface area contributed by atoms with E-state index in [1.54, 1.807) is 14.2 Å². The second-order valence-corrected chi connectivity index (χ2v) is 14.7. The maximum absolute atomic E-state index is 13.1. The number of carbonyl (C=O) groups is 2. The molecule has 2 aliphatic heterocycles. The average molecular weight is 733 g/mol. The van der Waals surface area contributed by atoms with E-state index in [1.807, 2.05) is 78.9 Å². The predicted molar refractivity (Wildman–Crippen MR) is 197 cm³/mol. The number of ether oxygens (including phenoxy) is 4. The first-order valence-electron chi connectivity index (χ1n) is 17.6. The molecule has 5 atom stereocenters. The second kappa shape index (κ2) is 18.1. The molecule has 2 N–H and O–H groups in total. The molecule has 13 heteroatoms. The first-order chi connectivity index (χ1) is 25.1. The lowest BCUT2D eigenvalue weighted by molar-refractivity contribution is -0.132. The van der Waals surface area contributed by atoms with Crippen molar-refractivity contribution >= 4 is 20.5 Å². The van der Waals surface area contributed by atoms with E-state index in [9.17, 15) is 14.9 Å². The number of imide groups is 1. The molecule has 52 heavy (non-hydrogen) atoms. The highest BCUT2D eigenvalue weighted by Crippen LogP contribution is 2.50. The normalized spacial score (nSPS) is 21.2. The highest BCUT2D eigenvalue weighted by molar-refractivity contribution is 7.44. The van der Waals surface area contributed by atoms with Crippen LogP contribution < -0.4 is 20.1 Å². The molecule has 0 spiro atoms. The van der Waals surface area contributed by atoms with Gasteiger partial charge >= 0.3 is 6.03 Å². The van der Waals surface area contributed by atoms with Gasteiger partial charge in [-0.25, -0.2) is 9.46 Å². The van der Waals surface area contributed by atoms with Gasteiger partial charge in [-0.2, -0.15) is 5.26 Å². The smallest absolute Gasteiger partial charge is 0.321 e. The summed E-state index contributed by atoms with van der Waals surface area (Å²) in [6.07, 6.45) is -1.19. The zero-order valence-electron chi connectivity index (χ0n) is 30.6. The highest BCUT2D eigenvalue weighted by atomic mass is 31.2. The van der Waals surface area contributed by atoms with E-state index in [0.29, 0.717) is 17.9 Å². The highest BCUT2D eigenvalue weighted by Gasteiger charge is 2.48. The number of hydrogen-bond donors (Lipinski definition) is 2. The van der Waals surface area contributed by atoms with Crippen molar-refractivity contribution in [1.82, 2.24) is 15.3 Å². The van der Waals surface area contributed by atoms with Crippen LogP contribution in [-0.2, 0) is 28.9 Å². The minimum atomic E-state index is -1.64. The fraction of sp³-hybridized carbons (Fsp3) is 0.462. The zero-order valence-corrected chi connectivity index (χ0v) is 31.5. The molecule has 0 radical (unpaired) electrons. The van der Waals surface area contributed by atoms with Crippen molar-refractivity contribution in [2.45, 2.75) is 76.5 Å². The van der Waals surface area contributed by atoms with Gasteiger partial charge in [0.1, 0.15) is 23.2 Å². The van der Waals surface area contributed by atoms with Crippen LogP contribution >= 0.6 is 8.53 Å². The van der Waals surface area contributed by atoms with Crippen LogP contribution in [0.2, 0.25) is 0 Å². The Bertz CT molecular complexity index is 1600. The molecular weight excluding hydrogens is 683 g/mol. The number of nitriles is 1. The molecule has 0 saturated carbocycles. The summed E-state index contributed by atoms with van der Waals surface area (Å²) in [6, 6.07) is 27.3. The third kappa shape index (κ3) is 8.92. The third-order valence-corrected chi connectivity index (χ3v) is 11.4. The lowest BCUT2D eigenvalue weighted by atomic mass is 9.80. The number of hydrogen-bond acceptors (Lipinski definition) is 10. The molecular formula is C39H49N4O8P. The molecule has 12 nitrogen and oxygen atoms in total. The SMILES string of the molecule is COc1ccc(C(OCC2OC(C3CNC(=O)NC3=O)CC2OP(OCCC#N)N(C(C)C)C(C)C)(c2ccccc2)c2ccc(OC)cc2)cc1. The summed E-state index contributed by atoms with van der Waals surface area (Å²) in [6.45, 7) is 8.72. The Balaban J connectivity index is 1.56. The minimum Gasteiger partial charge on any atom is -0.497 e. The number of benzene rings is 3. The molecule has 2 aliphatic rings. The van der Waals surface area contributed by atoms with Gasteiger partial charge in [0.15, 0.2) is 0 Å². The third-order valence-electron chi connectivity index (χ3n) is 9.26. The lowest BCUT2D eigenvalue weighted by Crippen LogP contribution is -2.55. The van der Waals surface area contributed by atoms with Crippen molar-refractivity contribution in [3.8, 4) is 17.6 Å². The van der Waals surface area contributed by atoms with Gasteiger partial charge < -0.3 is 33.3 Å². The van der Waals surface area contributed by atoms with Crippen LogP contribution in [0.4, 0.5) is 4.79 Å². The van der Waals surface area contributed by atoms with E-state index in [-0.39, 0.29) is 38.3 Å². The molecule has 0 aliphatic carbocycles. The number of nitrogens with one attached hydrogen (secondary N) is 2. The van der Waals surface area contributed by atoms with Gasteiger partial charge in [-0.3, -0.25) is 10.1 Å². The van der Waals surface area contributed by atoms with Gasteiger partial charge in [0.05, 0.1) is 58.0 Å².